The average Bonchev–Trinajstić information content (AvgIpc) is 2.11. The van der Waals surface area contributed by atoms with Crippen molar-refractivity contribution in [3.63, 3.8) is 0 Å². The molecule has 0 heterocycles. The molecule has 0 amide bonds. The topological polar surface area (TPSA) is 12.0 Å². The zero-order valence-corrected chi connectivity index (χ0v) is 15.8. The molecule has 0 saturated carbocycles. The summed E-state index contributed by atoms with van der Waals surface area (Å²) in [4.78, 5) is 3.71. The predicted octanol–water partition coefficient (Wildman–Crippen LogP) is 5.23. The van der Waals surface area contributed by atoms with Gasteiger partial charge in [-0.25, -0.2) is 0 Å². The smallest absolute Gasteiger partial charge is 0.103 e. The zero-order chi connectivity index (χ0) is 13.9. The second-order valence-corrected chi connectivity index (χ2v) is 15.5. The van der Waals surface area contributed by atoms with Crippen LogP contribution in [0.15, 0.2) is 0 Å². The quantitative estimate of drug-likeness (QED) is 0.698. The molecule has 2 unspecified atom stereocenters. The molecular weight excluding hydrogens is 284 g/mol. The fourth-order valence-corrected chi connectivity index (χ4v) is 9.46. The maximum atomic E-state index is 6.00. The summed E-state index contributed by atoms with van der Waals surface area (Å²) in [5.41, 5.74) is 0. The second kappa shape index (κ2) is 6.53. The number of rotatable bonds is 5. The Bertz CT molecular complexity index is 313. The van der Waals surface area contributed by atoms with Gasteiger partial charge in [0.25, 0.3) is 6.85 Å². The summed E-state index contributed by atoms with van der Waals surface area (Å²) < 4.78 is 0. The molecule has 0 rings (SSSR count). The van der Waals surface area contributed by atoms with E-state index in [1.165, 1.54) is 12.8 Å². The standard InChI is InChI=1S/C12H28NP2S2/c1-8-9-10-15(17,12(5,6)7)13-14(16)11(2,3)4/h8-10H2,1-7H3,(H,13,16,17)/q+1. The predicted molar refractivity (Wildman–Crippen MR) is 91.0 cm³/mol. The number of unbranched alkanes of at least 4 members (excludes halogenated alkanes) is 1. The molecule has 2 atom stereocenters. The molecule has 1 N–H and O–H groups in total. The van der Waals surface area contributed by atoms with Gasteiger partial charge >= 0.3 is 0 Å². The monoisotopic (exact) mass is 312 g/mol. The van der Waals surface area contributed by atoms with Crippen molar-refractivity contribution in [1.29, 1.82) is 0 Å². The van der Waals surface area contributed by atoms with Gasteiger partial charge in [-0.3, -0.25) is 0 Å². The molecule has 0 aliphatic heterocycles. The molecule has 0 bridgehead atoms. The highest BCUT2D eigenvalue weighted by Gasteiger charge is 2.40. The summed E-state index contributed by atoms with van der Waals surface area (Å²) in [6.45, 7) is 15.0. The van der Waals surface area contributed by atoms with E-state index in [4.69, 9.17) is 23.6 Å². The molecule has 0 aliphatic rings. The fraction of sp³-hybridized carbons (Fsp3) is 1.00. The van der Waals surface area contributed by atoms with Crippen molar-refractivity contribution < 1.29 is 0 Å². The van der Waals surface area contributed by atoms with Crippen molar-refractivity contribution in [1.82, 2.24) is 4.86 Å². The van der Waals surface area contributed by atoms with E-state index in [2.05, 4.69) is 53.3 Å². The van der Waals surface area contributed by atoms with Crippen molar-refractivity contribution >= 4 is 36.6 Å². The lowest BCUT2D eigenvalue weighted by Gasteiger charge is -2.33. The average molecular weight is 312 g/mol. The Labute approximate surface area is 119 Å². The van der Waals surface area contributed by atoms with Crippen LogP contribution in [0.5, 0.6) is 0 Å². The molecule has 0 spiro atoms. The summed E-state index contributed by atoms with van der Waals surface area (Å²) in [6.07, 6.45) is 1.99. The van der Waals surface area contributed by atoms with Crippen LogP contribution in [0.3, 0.4) is 0 Å². The first-order chi connectivity index (χ1) is 7.44. The molecule has 5 heteroatoms. The summed E-state index contributed by atoms with van der Waals surface area (Å²) in [5, 5.41) is 0.328. The molecule has 0 radical (unpaired) electrons. The van der Waals surface area contributed by atoms with Crippen LogP contribution in [0.25, 0.3) is 0 Å². The zero-order valence-electron chi connectivity index (χ0n) is 12.3. The molecule has 0 aliphatic carbocycles. The largest absolute Gasteiger partial charge is 0.273 e. The molecule has 102 valence electrons. The third kappa shape index (κ3) is 5.74. The maximum absolute atomic E-state index is 6.00. The van der Waals surface area contributed by atoms with Gasteiger partial charge in [0.2, 0.25) is 0 Å². The van der Waals surface area contributed by atoms with Crippen molar-refractivity contribution in [2.24, 2.45) is 0 Å². The van der Waals surface area contributed by atoms with E-state index in [-0.39, 0.29) is 10.3 Å². The number of hydrogen-bond donors (Lipinski definition) is 1. The lowest BCUT2D eigenvalue weighted by molar-refractivity contribution is 0.758. The van der Waals surface area contributed by atoms with Gasteiger partial charge in [0.1, 0.15) is 5.16 Å². The Kier molecular flexibility index (Phi) is 6.96. The van der Waals surface area contributed by atoms with Gasteiger partial charge in [0.05, 0.1) is 6.19 Å². The normalized spacial score (nSPS) is 17.7. The van der Waals surface area contributed by atoms with Gasteiger partial charge < -0.3 is 0 Å². The van der Waals surface area contributed by atoms with Gasteiger partial charge in [0, 0.05) is 5.16 Å². The number of nitrogens with one attached hydrogen (secondary N) is 1. The van der Waals surface area contributed by atoms with Crippen LogP contribution in [-0.2, 0) is 23.6 Å². The van der Waals surface area contributed by atoms with Crippen LogP contribution in [0, 0.1) is 0 Å². The molecule has 0 aromatic carbocycles. The van der Waals surface area contributed by atoms with Crippen LogP contribution in [0.1, 0.15) is 61.3 Å². The molecule has 0 fully saturated rings. The van der Waals surface area contributed by atoms with Gasteiger partial charge in [0.15, 0.2) is 11.8 Å². The van der Waals surface area contributed by atoms with Gasteiger partial charge in [-0.2, -0.15) is 0 Å². The van der Waals surface area contributed by atoms with Crippen molar-refractivity contribution in [2.45, 2.75) is 71.6 Å². The SMILES string of the molecule is CCCCP(=S)(N[P+](=S)C(C)(C)C)C(C)(C)C. The van der Waals surface area contributed by atoms with E-state index in [0.29, 0.717) is 0 Å². The first-order valence-corrected chi connectivity index (χ1v) is 11.6. The highest BCUT2D eigenvalue weighted by molar-refractivity contribution is 8.19. The van der Waals surface area contributed by atoms with Gasteiger partial charge in [-0.1, -0.05) is 45.9 Å². The fourth-order valence-electron chi connectivity index (χ4n) is 1.21. The van der Waals surface area contributed by atoms with Gasteiger partial charge in [-0.15, -0.1) is 4.86 Å². The van der Waals surface area contributed by atoms with Gasteiger partial charge in [-0.05, 0) is 33.4 Å². The van der Waals surface area contributed by atoms with Crippen molar-refractivity contribution in [3.05, 3.63) is 0 Å². The second-order valence-electron chi connectivity index (χ2n) is 6.55. The molecule has 17 heavy (non-hydrogen) atoms. The molecule has 0 aromatic rings. The van der Waals surface area contributed by atoms with E-state index in [1.54, 1.807) is 0 Å². The highest BCUT2D eigenvalue weighted by atomic mass is 32.5. The van der Waals surface area contributed by atoms with Crippen LogP contribution in [0.2, 0.25) is 0 Å². The highest BCUT2D eigenvalue weighted by Crippen LogP contribution is 2.60. The van der Waals surface area contributed by atoms with Crippen LogP contribution >= 0.6 is 13.0 Å². The molecule has 1 nitrogen and oxygen atoms in total. The lowest BCUT2D eigenvalue weighted by atomic mass is 10.3. The van der Waals surface area contributed by atoms with Crippen molar-refractivity contribution in [2.75, 3.05) is 6.16 Å². The first-order valence-electron chi connectivity index (χ1n) is 6.28. The molecule has 0 saturated heterocycles. The van der Waals surface area contributed by atoms with Crippen LogP contribution in [-0.4, -0.2) is 16.5 Å². The summed E-state index contributed by atoms with van der Waals surface area (Å²) in [7, 11) is 0. The Morgan fingerprint density at radius 2 is 1.59 bits per heavy atom. The third-order valence-electron chi connectivity index (χ3n) is 2.77. The summed E-state index contributed by atoms with van der Waals surface area (Å²) in [5.74, 6) is 0. The van der Waals surface area contributed by atoms with Crippen LogP contribution in [0.4, 0.5) is 0 Å². The minimum atomic E-state index is -1.56. The Hall–Kier alpha value is 1.13. The van der Waals surface area contributed by atoms with E-state index < -0.39 is 13.0 Å². The Morgan fingerprint density at radius 3 is 1.88 bits per heavy atom. The maximum Gasteiger partial charge on any atom is 0.273 e. The van der Waals surface area contributed by atoms with Crippen molar-refractivity contribution in [3.8, 4) is 0 Å². The summed E-state index contributed by atoms with van der Waals surface area (Å²) >= 11 is 11.7. The third-order valence-corrected chi connectivity index (χ3v) is 14.4. The summed E-state index contributed by atoms with van der Waals surface area (Å²) in [6, 6.07) is 0. The van der Waals surface area contributed by atoms with Crippen LogP contribution < -0.4 is 4.86 Å². The Balaban J connectivity index is 4.98. The van der Waals surface area contributed by atoms with E-state index in [9.17, 15) is 0 Å². The molecule has 0 aromatic heterocycles. The van der Waals surface area contributed by atoms with E-state index >= 15 is 0 Å². The van der Waals surface area contributed by atoms with E-state index in [1.807, 2.05) is 0 Å². The van der Waals surface area contributed by atoms with E-state index in [0.717, 1.165) is 6.16 Å². The minimum Gasteiger partial charge on any atom is -0.103 e. The molecular formula is C12H28NP2S2+. The first kappa shape index (κ1) is 18.1. The lowest BCUT2D eigenvalue weighted by Crippen LogP contribution is -2.27. The number of hydrogen-bond acceptors (Lipinski definition) is 2. The minimum absolute atomic E-state index is 0.159. The Morgan fingerprint density at radius 1 is 1.12 bits per heavy atom.